The molecule has 0 saturated carbocycles. The lowest BCUT2D eigenvalue weighted by Crippen LogP contribution is -2.30. The summed E-state index contributed by atoms with van der Waals surface area (Å²) in [6.07, 6.45) is 0.0624. The summed E-state index contributed by atoms with van der Waals surface area (Å²) >= 11 is 5.77. The van der Waals surface area contributed by atoms with Crippen LogP contribution in [0.25, 0.3) is 0 Å². The number of carbonyl (C=O) groups excluding carboxylic acids is 1. The van der Waals surface area contributed by atoms with Gasteiger partial charge in [-0.3, -0.25) is 9.69 Å². The van der Waals surface area contributed by atoms with Crippen molar-refractivity contribution in [1.82, 2.24) is 14.9 Å². The molecule has 8 heteroatoms. The zero-order valence-corrected chi connectivity index (χ0v) is 18.4. The fraction of sp³-hybridized carbons (Fsp3) is 0.381. The first kappa shape index (κ1) is 23.3. The lowest BCUT2D eigenvalue weighted by Gasteiger charge is -2.18. The molecule has 158 valence electrons. The number of halogens is 1. The van der Waals surface area contributed by atoms with Gasteiger partial charge in [0, 0.05) is 31.1 Å². The third-order valence-corrected chi connectivity index (χ3v) is 6.31. The van der Waals surface area contributed by atoms with Crippen molar-refractivity contribution in [2.24, 2.45) is 0 Å². The Morgan fingerprint density at radius 1 is 0.966 bits per heavy atom. The van der Waals surface area contributed by atoms with Gasteiger partial charge >= 0.3 is 0 Å². The molecule has 0 radical (unpaired) electrons. The van der Waals surface area contributed by atoms with Gasteiger partial charge in [0.1, 0.15) is 0 Å². The van der Waals surface area contributed by atoms with E-state index < -0.39 is 10.0 Å². The van der Waals surface area contributed by atoms with Gasteiger partial charge in [-0.1, -0.05) is 49.7 Å². The molecule has 0 aliphatic carbocycles. The molecule has 0 spiro atoms. The van der Waals surface area contributed by atoms with Crippen molar-refractivity contribution in [3.8, 4) is 0 Å². The summed E-state index contributed by atoms with van der Waals surface area (Å²) in [5.41, 5.74) is 2.24. The van der Waals surface area contributed by atoms with Gasteiger partial charge < -0.3 is 5.32 Å². The molecule has 1 amide bonds. The second-order valence-electron chi connectivity index (χ2n) is 6.66. The van der Waals surface area contributed by atoms with Gasteiger partial charge in [0.15, 0.2) is 0 Å². The number of rotatable bonds is 11. The summed E-state index contributed by atoms with van der Waals surface area (Å²) in [4.78, 5) is 14.5. The summed E-state index contributed by atoms with van der Waals surface area (Å²) in [6, 6.07) is 14.0. The molecule has 2 N–H and O–H groups in total. The van der Waals surface area contributed by atoms with Gasteiger partial charge in [0.05, 0.1) is 4.90 Å². The fourth-order valence-electron chi connectivity index (χ4n) is 2.75. The number of carbonyl (C=O) groups is 1. The van der Waals surface area contributed by atoms with Crippen LogP contribution in [-0.2, 0) is 27.9 Å². The lowest BCUT2D eigenvalue weighted by atomic mass is 10.1. The van der Waals surface area contributed by atoms with Crippen LogP contribution >= 0.6 is 11.6 Å². The number of hydrogen-bond donors (Lipinski definition) is 2. The Morgan fingerprint density at radius 3 is 2.14 bits per heavy atom. The highest BCUT2D eigenvalue weighted by atomic mass is 35.5. The second kappa shape index (κ2) is 11.3. The average molecular weight is 438 g/mol. The fourth-order valence-corrected chi connectivity index (χ4v) is 3.91. The first-order valence-corrected chi connectivity index (χ1v) is 11.5. The number of benzene rings is 2. The highest BCUT2D eigenvalue weighted by molar-refractivity contribution is 7.89. The molecule has 0 atom stereocenters. The first-order chi connectivity index (χ1) is 13.8. The predicted molar refractivity (Wildman–Crippen MR) is 116 cm³/mol. The van der Waals surface area contributed by atoms with Crippen molar-refractivity contribution in [3.63, 3.8) is 0 Å². The van der Waals surface area contributed by atoms with Crippen LogP contribution in [0.15, 0.2) is 53.4 Å². The first-order valence-electron chi connectivity index (χ1n) is 9.66. The molecule has 2 aromatic rings. The van der Waals surface area contributed by atoms with Crippen LogP contribution in [0, 0.1) is 0 Å². The molecule has 6 nitrogen and oxygen atoms in total. The predicted octanol–water partition coefficient (Wildman–Crippen LogP) is 3.17. The Balaban J connectivity index is 1.75. The molecule has 0 fully saturated rings. The zero-order valence-electron chi connectivity index (χ0n) is 16.8. The normalized spacial score (nSPS) is 11.6. The molecule has 2 rings (SSSR count). The van der Waals surface area contributed by atoms with E-state index in [4.69, 9.17) is 11.6 Å². The van der Waals surface area contributed by atoms with Crippen molar-refractivity contribution in [2.45, 2.75) is 38.3 Å². The van der Waals surface area contributed by atoms with E-state index in [9.17, 15) is 13.2 Å². The van der Waals surface area contributed by atoms with Crippen LogP contribution in [0.4, 0.5) is 0 Å². The van der Waals surface area contributed by atoms with Crippen molar-refractivity contribution in [3.05, 3.63) is 64.7 Å². The lowest BCUT2D eigenvalue weighted by molar-refractivity contribution is -0.121. The highest BCUT2D eigenvalue weighted by Crippen LogP contribution is 2.13. The van der Waals surface area contributed by atoms with Crippen LogP contribution in [0.1, 0.15) is 31.4 Å². The van der Waals surface area contributed by atoms with E-state index in [0.29, 0.717) is 11.6 Å². The van der Waals surface area contributed by atoms with E-state index >= 15 is 0 Å². The minimum atomic E-state index is -3.65. The van der Waals surface area contributed by atoms with E-state index in [0.717, 1.165) is 25.2 Å². The smallest absolute Gasteiger partial charge is 0.240 e. The molecule has 0 bridgehead atoms. The van der Waals surface area contributed by atoms with E-state index in [1.54, 1.807) is 0 Å². The van der Waals surface area contributed by atoms with Crippen LogP contribution in [0.2, 0.25) is 5.02 Å². The maximum absolute atomic E-state index is 12.2. The molecular weight excluding hydrogens is 410 g/mol. The number of sulfonamides is 1. The summed E-state index contributed by atoms with van der Waals surface area (Å²) in [7, 11) is -3.65. The maximum Gasteiger partial charge on any atom is 0.240 e. The Kier molecular flexibility index (Phi) is 9.10. The third kappa shape index (κ3) is 7.78. The summed E-state index contributed by atoms with van der Waals surface area (Å²) < 4.78 is 26.8. The number of nitrogens with one attached hydrogen (secondary N) is 2. The van der Waals surface area contributed by atoms with Crippen molar-refractivity contribution >= 4 is 27.5 Å². The van der Waals surface area contributed by atoms with Crippen LogP contribution in [0.3, 0.4) is 0 Å². The van der Waals surface area contributed by atoms with Crippen molar-refractivity contribution in [1.29, 1.82) is 0 Å². The van der Waals surface area contributed by atoms with Crippen molar-refractivity contribution < 1.29 is 13.2 Å². The third-order valence-electron chi connectivity index (χ3n) is 4.58. The standard InChI is InChI=1S/C21H28ClN3O3S/c1-3-25(4-2)16-18-7-5-17(6-8-18)15-23-21(26)13-14-24-29(27,28)20-11-9-19(22)10-12-20/h5-12,24H,3-4,13-16H2,1-2H3,(H,23,26). The van der Waals surface area contributed by atoms with Crippen LogP contribution in [0.5, 0.6) is 0 Å². The zero-order chi connectivity index (χ0) is 21.3. The molecular formula is C21H28ClN3O3S. The van der Waals surface area contributed by atoms with Crippen molar-refractivity contribution in [2.75, 3.05) is 19.6 Å². The monoisotopic (exact) mass is 437 g/mol. The molecule has 0 aliphatic heterocycles. The van der Waals surface area contributed by atoms with Crippen LogP contribution < -0.4 is 10.0 Å². The molecule has 0 aromatic heterocycles. The topological polar surface area (TPSA) is 78.5 Å². The minimum absolute atomic E-state index is 0.0274. The van der Waals surface area contributed by atoms with E-state index in [1.165, 1.54) is 29.8 Å². The Hall–Kier alpha value is -1.93. The molecule has 29 heavy (non-hydrogen) atoms. The van der Waals surface area contributed by atoms with Gasteiger partial charge in [0.2, 0.25) is 15.9 Å². The molecule has 0 saturated heterocycles. The SMILES string of the molecule is CCN(CC)Cc1ccc(CNC(=O)CCNS(=O)(=O)c2ccc(Cl)cc2)cc1. The number of nitrogens with zero attached hydrogens (tertiary/aromatic N) is 1. The molecule has 0 aliphatic rings. The Morgan fingerprint density at radius 2 is 1.55 bits per heavy atom. The summed E-state index contributed by atoms with van der Waals surface area (Å²) in [6.45, 7) is 7.65. The van der Waals surface area contributed by atoms with E-state index in [-0.39, 0.29) is 23.8 Å². The summed E-state index contributed by atoms with van der Waals surface area (Å²) in [5, 5.41) is 3.28. The molecule has 0 heterocycles. The largest absolute Gasteiger partial charge is 0.352 e. The van der Waals surface area contributed by atoms with E-state index in [2.05, 4.69) is 40.9 Å². The molecule has 0 unspecified atom stereocenters. The van der Waals surface area contributed by atoms with Gasteiger partial charge in [0.25, 0.3) is 0 Å². The Labute approximate surface area is 178 Å². The maximum atomic E-state index is 12.2. The summed E-state index contributed by atoms with van der Waals surface area (Å²) in [5.74, 6) is -0.212. The number of hydrogen-bond acceptors (Lipinski definition) is 4. The van der Waals surface area contributed by atoms with Gasteiger partial charge in [-0.25, -0.2) is 13.1 Å². The highest BCUT2D eigenvalue weighted by Gasteiger charge is 2.14. The Bertz CT molecular complexity index is 880. The van der Waals surface area contributed by atoms with Crippen LogP contribution in [-0.4, -0.2) is 38.9 Å². The van der Waals surface area contributed by atoms with Gasteiger partial charge in [-0.05, 0) is 48.5 Å². The quantitative estimate of drug-likeness (QED) is 0.566. The van der Waals surface area contributed by atoms with E-state index in [1.807, 2.05) is 12.1 Å². The number of amides is 1. The second-order valence-corrected chi connectivity index (χ2v) is 8.86. The van der Waals surface area contributed by atoms with Gasteiger partial charge in [-0.2, -0.15) is 0 Å². The van der Waals surface area contributed by atoms with Gasteiger partial charge in [-0.15, -0.1) is 0 Å². The average Bonchev–Trinajstić information content (AvgIpc) is 2.71. The molecule has 2 aromatic carbocycles. The minimum Gasteiger partial charge on any atom is -0.352 e.